The highest BCUT2D eigenvalue weighted by atomic mass is 15.4. The summed E-state index contributed by atoms with van der Waals surface area (Å²) in [7, 11) is 2.73. The van der Waals surface area contributed by atoms with Crippen LogP contribution in [-0.2, 0) is 0 Å². The number of hydrogen-bond acceptors (Lipinski definition) is 0. The average Bonchev–Trinajstić information content (AvgIpc) is 3.18. The Kier molecular flexibility index (Phi) is 41.1. The molecule has 0 saturated heterocycles. The number of hydrogen-bond donors (Lipinski definition) is 0. The molecule has 0 fully saturated rings. The summed E-state index contributed by atoms with van der Waals surface area (Å²) in [6.07, 6.45) is 61.3. The predicted molar refractivity (Wildman–Crippen MR) is 250 cm³/mol. The first kappa shape index (κ1) is 54.0. The summed E-state index contributed by atoms with van der Waals surface area (Å²) in [4.78, 5) is 0. The first-order valence-corrected chi connectivity index (χ1v) is 26.3. The molecule has 1 nitrogen and oxygen atoms in total. The number of unbranched alkanes of at least 4 members (excludes halogenated alkanes) is 29. The van der Waals surface area contributed by atoms with Crippen molar-refractivity contribution in [2.45, 2.75) is 317 Å². The Bertz CT molecular complexity index is 660. The summed E-state index contributed by atoms with van der Waals surface area (Å²) in [6.45, 7) is 17.2. The van der Waals surface area contributed by atoms with Crippen LogP contribution in [0.2, 0.25) is 0 Å². The van der Waals surface area contributed by atoms with Crippen molar-refractivity contribution in [1.82, 2.24) is 0 Å². The Morgan fingerprint density at radius 3 is 0.833 bits per heavy atom. The van der Waals surface area contributed by atoms with Crippen LogP contribution in [0, 0.1) is 5.41 Å². The van der Waals surface area contributed by atoms with Crippen molar-refractivity contribution in [1.29, 1.82) is 0 Å². The van der Waals surface area contributed by atoms with E-state index >= 15 is 0 Å². The Balaban J connectivity index is 5.21. The second-order valence-corrected chi connectivity index (χ2v) is 19.3. The Morgan fingerprint density at radius 2 is 0.519 bits per heavy atom. The minimum Gasteiger partial charge on any atom is -0.324 e. The minimum atomic E-state index is 0.655. The predicted octanol–water partition coefficient (Wildman–Crippen LogP) is 19.3. The van der Waals surface area contributed by atoms with Gasteiger partial charge in [-0.1, -0.05) is 234 Å². The van der Waals surface area contributed by atoms with Gasteiger partial charge in [0, 0.05) is 0 Å². The van der Waals surface area contributed by atoms with Gasteiger partial charge in [0.15, 0.2) is 0 Å². The lowest BCUT2D eigenvalue weighted by atomic mass is 9.71. The van der Waals surface area contributed by atoms with Crippen LogP contribution in [0.4, 0.5) is 0 Å². The van der Waals surface area contributed by atoms with Gasteiger partial charge < -0.3 is 4.48 Å². The molecule has 0 spiro atoms. The standard InChI is InChI=1S/C53H110N/c1-8-14-20-23-26-27-28-29-30-31-32-33-34-39-44-52(54(7,50-42-37-24-21-15-9-2)51-43-38-25-22-16-10-3)45-40-35-36-41-49-53(46-17-11-4,47-18-12-5)48-19-13-6/h52H,8-51H2,1-7H3/q+1. The zero-order valence-electron chi connectivity index (χ0n) is 39.6. The van der Waals surface area contributed by atoms with E-state index in [1.165, 1.54) is 287 Å². The summed E-state index contributed by atoms with van der Waals surface area (Å²) in [6, 6.07) is 0.895. The summed E-state index contributed by atoms with van der Waals surface area (Å²) in [5.74, 6) is 0. The fourth-order valence-electron chi connectivity index (χ4n) is 9.96. The van der Waals surface area contributed by atoms with Gasteiger partial charge in [-0.15, -0.1) is 0 Å². The fraction of sp³-hybridized carbons (Fsp3) is 1.00. The molecule has 0 aromatic heterocycles. The molecule has 0 rings (SSSR count). The normalized spacial score (nSPS) is 12.9. The van der Waals surface area contributed by atoms with Crippen molar-refractivity contribution in [3.05, 3.63) is 0 Å². The molecule has 0 radical (unpaired) electrons. The molecule has 0 heterocycles. The minimum absolute atomic E-state index is 0.655. The third-order valence-corrected chi connectivity index (χ3v) is 14.0. The van der Waals surface area contributed by atoms with Gasteiger partial charge in [-0.25, -0.2) is 0 Å². The molecule has 0 N–H and O–H groups in total. The molecule has 0 saturated carbocycles. The average molecular weight is 761 g/mol. The summed E-state index contributed by atoms with van der Waals surface area (Å²) in [5, 5.41) is 0. The van der Waals surface area contributed by atoms with Crippen LogP contribution in [-0.4, -0.2) is 30.7 Å². The van der Waals surface area contributed by atoms with Gasteiger partial charge in [0.25, 0.3) is 0 Å². The quantitative estimate of drug-likeness (QED) is 0.0428. The van der Waals surface area contributed by atoms with E-state index in [-0.39, 0.29) is 0 Å². The van der Waals surface area contributed by atoms with Crippen LogP contribution in [0.3, 0.4) is 0 Å². The monoisotopic (exact) mass is 761 g/mol. The van der Waals surface area contributed by atoms with Crippen molar-refractivity contribution < 1.29 is 4.48 Å². The second-order valence-electron chi connectivity index (χ2n) is 19.3. The zero-order valence-corrected chi connectivity index (χ0v) is 39.6. The van der Waals surface area contributed by atoms with E-state index in [0.717, 1.165) is 6.04 Å². The van der Waals surface area contributed by atoms with E-state index in [4.69, 9.17) is 0 Å². The SMILES string of the molecule is CCCCCCCCCCCCCCCCC(CCCCCCC(CCCC)(CCCC)CCCC)[N+](C)(CCCCCCCC)CCCCCCCC. The maximum atomic E-state index is 2.73. The summed E-state index contributed by atoms with van der Waals surface area (Å²) < 4.78 is 1.40. The molecule has 0 aliphatic heterocycles. The van der Waals surface area contributed by atoms with Gasteiger partial charge in [-0.05, 0) is 82.5 Å². The third-order valence-electron chi connectivity index (χ3n) is 14.0. The maximum Gasteiger partial charge on any atom is 0.0888 e. The summed E-state index contributed by atoms with van der Waals surface area (Å²) >= 11 is 0. The van der Waals surface area contributed by atoms with Gasteiger partial charge in [0.1, 0.15) is 0 Å². The van der Waals surface area contributed by atoms with Gasteiger partial charge >= 0.3 is 0 Å². The Morgan fingerprint density at radius 1 is 0.278 bits per heavy atom. The highest BCUT2D eigenvalue weighted by Gasteiger charge is 2.31. The first-order chi connectivity index (χ1) is 26.5. The van der Waals surface area contributed by atoms with Crippen LogP contribution >= 0.6 is 0 Å². The molecular formula is C53H110N+. The molecule has 0 bridgehead atoms. The molecule has 0 aromatic rings. The molecule has 1 heteroatoms. The van der Waals surface area contributed by atoms with Crippen molar-refractivity contribution in [3.8, 4) is 0 Å². The molecule has 1 atom stereocenters. The van der Waals surface area contributed by atoms with Crippen LogP contribution < -0.4 is 0 Å². The molecule has 326 valence electrons. The van der Waals surface area contributed by atoms with E-state index in [9.17, 15) is 0 Å². The molecule has 0 amide bonds. The largest absolute Gasteiger partial charge is 0.324 e. The highest BCUT2D eigenvalue weighted by molar-refractivity contribution is 4.80. The van der Waals surface area contributed by atoms with Gasteiger partial charge in [-0.3, -0.25) is 0 Å². The molecular weight excluding hydrogens is 651 g/mol. The van der Waals surface area contributed by atoms with E-state index in [1.807, 2.05) is 0 Å². The van der Waals surface area contributed by atoms with E-state index in [1.54, 1.807) is 0 Å². The number of nitrogens with zero attached hydrogens (tertiary/aromatic N) is 1. The topological polar surface area (TPSA) is 0 Å². The smallest absolute Gasteiger partial charge is 0.0888 e. The fourth-order valence-corrected chi connectivity index (χ4v) is 9.96. The highest BCUT2D eigenvalue weighted by Crippen LogP contribution is 2.41. The van der Waals surface area contributed by atoms with Crippen LogP contribution in [0.25, 0.3) is 0 Å². The van der Waals surface area contributed by atoms with Crippen molar-refractivity contribution >= 4 is 0 Å². The number of quaternary nitrogens is 1. The lowest BCUT2D eigenvalue weighted by Gasteiger charge is -2.43. The van der Waals surface area contributed by atoms with Gasteiger partial charge in [0.05, 0.1) is 26.2 Å². The lowest BCUT2D eigenvalue weighted by Crippen LogP contribution is -2.53. The molecule has 54 heavy (non-hydrogen) atoms. The molecule has 0 aliphatic carbocycles. The Labute approximate surface area is 346 Å². The molecule has 1 unspecified atom stereocenters. The van der Waals surface area contributed by atoms with Crippen molar-refractivity contribution in [3.63, 3.8) is 0 Å². The van der Waals surface area contributed by atoms with Crippen molar-refractivity contribution in [2.75, 3.05) is 20.1 Å². The molecule has 0 aliphatic rings. The van der Waals surface area contributed by atoms with E-state index < -0.39 is 0 Å². The lowest BCUT2D eigenvalue weighted by molar-refractivity contribution is -0.934. The number of rotatable bonds is 46. The maximum absolute atomic E-state index is 2.73. The van der Waals surface area contributed by atoms with Gasteiger partial charge in [-0.2, -0.15) is 0 Å². The molecule has 0 aromatic carbocycles. The summed E-state index contributed by atoms with van der Waals surface area (Å²) in [5.41, 5.74) is 0.655. The van der Waals surface area contributed by atoms with Crippen LogP contribution in [0.5, 0.6) is 0 Å². The van der Waals surface area contributed by atoms with Crippen LogP contribution in [0.15, 0.2) is 0 Å². The van der Waals surface area contributed by atoms with Crippen molar-refractivity contribution in [2.24, 2.45) is 5.41 Å². The Hall–Kier alpha value is -0.0400. The van der Waals surface area contributed by atoms with Crippen LogP contribution in [0.1, 0.15) is 311 Å². The second kappa shape index (κ2) is 41.1. The first-order valence-electron chi connectivity index (χ1n) is 26.3. The zero-order chi connectivity index (χ0) is 39.7. The third kappa shape index (κ3) is 32.0. The van der Waals surface area contributed by atoms with E-state index in [0.29, 0.717) is 5.41 Å². The van der Waals surface area contributed by atoms with E-state index in [2.05, 4.69) is 48.6 Å². The van der Waals surface area contributed by atoms with Gasteiger partial charge in [0.2, 0.25) is 0 Å².